The highest BCUT2D eigenvalue weighted by atomic mass is 16.5. The largest absolute Gasteiger partial charge is 0.388 e. The van der Waals surface area contributed by atoms with Crippen LogP contribution in [0.1, 0.15) is 53.4 Å². The maximum atomic E-state index is 12.0. The van der Waals surface area contributed by atoms with Crippen LogP contribution in [0.15, 0.2) is 12.7 Å². The second kappa shape index (κ2) is 5.35. The molecule has 0 radical (unpaired) electrons. The van der Waals surface area contributed by atoms with Crippen LogP contribution in [-0.4, -0.2) is 38.9 Å². The topological polar surface area (TPSA) is 66.8 Å². The molecule has 0 amide bonds. The van der Waals surface area contributed by atoms with E-state index in [-0.39, 0.29) is 24.7 Å². The van der Waals surface area contributed by atoms with E-state index in [1.54, 1.807) is 20.8 Å². The zero-order valence-corrected chi connectivity index (χ0v) is 12.4. The van der Waals surface area contributed by atoms with Crippen LogP contribution in [0.25, 0.3) is 0 Å². The summed E-state index contributed by atoms with van der Waals surface area (Å²) in [5.74, 6) is -0.0520. The lowest BCUT2D eigenvalue weighted by Gasteiger charge is -2.30. The Hall–Kier alpha value is -0.710. The molecule has 4 heteroatoms. The summed E-state index contributed by atoms with van der Waals surface area (Å²) < 4.78 is 5.85. The van der Waals surface area contributed by atoms with Gasteiger partial charge >= 0.3 is 0 Å². The molecule has 1 rings (SSSR count). The van der Waals surface area contributed by atoms with Gasteiger partial charge in [0.05, 0.1) is 22.9 Å². The minimum Gasteiger partial charge on any atom is -0.388 e. The molecule has 0 aliphatic carbocycles. The lowest BCUT2D eigenvalue weighted by Crippen LogP contribution is -2.39. The molecule has 1 heterocycles. The molecule has 0 bridgehead atoms. The average molecular weight is 270 g/mol. The number of ketones is 1. The minimum atomic E-state index is -1.16. The predicted molar refractivity (Wildman–Crippen MR) is 73.9 cm³/mol. The Balaban J connectivity index is 2.58. The standard InChI is InChI=1S/C15H26O4/c1-6-14(4,18)9-11(16)10-15(5)8-7-12(19-15)13(2,3)17/h6,12,17-18H,1,7-10H2,2-5H3/t12-,14+,15-/m0/s1. The molecule has 19 heavy (non-hydrogen) atoms. The van der Waals surface area contributed by atoms with E-state index >= 15 is 0 Å². The fraction of sp³-hybridized carbons (Fsp3) is 0.800. The highest BCUT2D eigenvalue weighted by Gasteiger charge is 2.43. The van der Waals surface area contributed by atoms with E-state index in [0.29, 0.717) is 0 Å². The number of hydrogen-bond donors (Lipinski definition) is 2. The van der Waals surface area contributed by atoms with E-state index < -0.39 is 16.8 Å². The van der Waals surface area contributed by atoms with Crippen molar-refractivity contribution < 1.29 is 19.7 Å². The zero-order valence-electron chi connectivity index (χ0n) is 12.4. The zero-order chi connectivity index (χ0) is 14.9. The van der Waals surface area contributed by atoms with Gasteiger partial charge in [0.15, 0.2) is 0 Å². The molecule has 0 spiro atoms. The van der Waals surface area contributed by atoms with Gasteiger partial charge in [0.1, 0.15) is 5.78 Å². The highest BCUT2D eigenvalue weighted by molar-refractivity contribution is 5.80. The third-order valence-electron chi connectivity index (χ3n) is 3.72. The molecule has 1 aliphatic rings. The first-order chi connectivity index (χ1) is 8.47. The van der Waals surface area contributed by atoms with Gasteiger partial charge in [0.25, 0.3) is 0 Å². The molecule has 110 valence electrons. The lowest BCUT2D eigenvalue weighted by molar-refractivity contribution is -0.138. The fourth-order valence-corrected chi connectivity index (χ4v) is 2.48. The summed E-state index contributed by atoms with van der Waals surface area (Å²) in [4.78, 5) is 12.0. The maximum Gasteiger partial charge on any atom is 0.138 e. The first kappa shape index (κ1) is 16.3. The normalized spacial score (nSPS) is 30.9. The van der Waals surface area contributed by atoms with Crippen molar-refractivity contribution in [1.29, 1.82) is 0 Å². The van der Waals surface area contributed by atoms with Crippen LogP contribution >= 0.6 is 0 Å². The monoisotopic (exact) mass is 270 g/mol. The fourth-order valence-electron chi connectivity index (χ4n) is 2.48. The molecule has 4 nitrogen and oxygen atoms in total. The highest BCUT2D eigenvalue weighted by Crippen LogP contribution is 2.37. The van der Waals surface area contributed by atoms with Crippen molar-refractivity contribution in [2.24, 2.45) is 0 Å². The number of ether oxygens (including phenoxy) is 1. The summed E-state index contributed by atoms with van der Waals surface area (Å²) in [7, 11) is 0. The molecule has 1 fully saturated rings. The van der Waals surface area contributed by atoms with Crippen LogP contribution in [0.4, 0.5) is 0 Å². The van der Waals surface area contributed by atoms with Crippen molar-refractivity contribution in [2.45, 2.75) is 76.3 Å². The van der Waals surface area contributed by atoms with Crippen molar-refractivity contribution in [2.75, 3.05) is 0 Å². The molecule has 0 aromatic heterocycles. The van der Waals surface area contributed by atoms with Gasteiger partial charge in [-0.15, -0.1) is 6.58 Å². The molecule has 1 saturated heterocycles. The summed E-state index contributed by atoms with van der Waals surface area (Å²) >= 11 is 0. The molecular formula is C15H26O4. The van der Waals surface area contributed by atoms with Gasteiger partial charge < -0.3 is 14.9 Å². The van der Waals surface area contributed by atoms with E-state index in [4.69, 9.17) is 4.74 Å². The minimum absolute atomic E-state index is 0.0443. The second-order valence-electron chi connectivity index (χ2n) is 6.70. The molecule has 0 unspecified atom stereocenters. The van der Waals surface area contributed by atoms with Gasteiger partial charge in [-0.25, -0.2) is 0 Å². The third-order valence-corrected chi connectivity index (χ3v) is 3.72. The van der Waals surface area contributed by atoms with E-state index in [1.165, 1.54) is 6.08 Å². The molecular weight excluding hydrogens is 244 g/mol. The van der Waals surface area contributed by atoms with Gasteiger partial charge in [-0.05, 0) is 40.5 Å². The molecule has 3 atom stereocenters. The second-order valence-corrected chi connectivity index (χ2v) is 6.70. The molecule has 1 aliphatic heterocycles. The van der Waals surface area contributed by atoms with Crippen LogP contribution < -0.4 is 0 Å². The van der Waals surface area contributed by atoms with E-state index in [9.17, 15) is 15.0 Å². The van der Waals surface area contributed by atoms with Crippen molar-refractivity contribution >= 4 is 5.78 Å². The Kier molecular flexibility index (Phi) is 4.60. The summed E-state index contributed by atoms with van der Waals surface area (Å²) in [6.07, 6.45) is 2.91. The molecule has 0 aromatic rings. The molecule has 0 aromatic carbocycles. The molecule has 0 saturated carbocycles. The lowest BCUT2D eigenvalue weighted by atomic mass is 9.90. The number of carbonyl (C=O) groups is 1. The Morgan fingerprint density at radius 1 is 1.47 bits per heavy atom. The van der Waals surface area contributed by atoms with Gasteiger partial charge in [-0.2, -0.15) is 0 Å². The summed E-state index contributed by atoms with van der Waals surface area (Å²) in [5.41, 5.74) is -2.60. The number of carbonyl (C=O) groups excluding carboxylic acids is 1. The van der Waals surface area contributed by atoms with Crippen LogP contribution in [0.5, 0.6) is 0 Å². The van der Waals surface area contributed by atoms with Crippen molar-refractivity contribution in [3.8, 4) is 0 Å². The van der Waals surface area contributed by atoms with Crippen LogP contribution in [0.3, 0.4) is 0 Å². The van der Waals surface area contributed by atoms with Gasteiger partial charge in [0.2, 0.25) is 0 Å². The predicted octanol–water partition coefficient (Wildman–Crippen LogP) is 1.98. The van der Waals surface area contributed by atoms with Gasteiger partial charge in [-0.3, -0.25) is 4.79 Å². The Morgan fingerprint density at radius 2 is 2.05 bits per heavy atom. The van der Waals surface area contributed by atoms with Gasteiger partial charge in [0, 0.05) is 12.8 Å². The van der Waals surface area contributed by atoms with Gasteiger partial charge in [-0.1, -0.05) is 6.08 Å². The number of Topliss-reactive ketones (excluding diaryl/α,β-unsaturated/α-hetero) is 1. The SMILES string of the molecule is C=C[C@@](C)(O)CC(=O)C[C@]1(C)CC[C@@H](C(C)(C)O)O1. The van der Waals surface area contributed by atoms with Crippen molar-refractivity contribution in [3.05, 3.63) is 12.7 Å². The average Bonchev–Trinajstić information content (AvgIpc) is 2.59. The van der Waals surface area contributed by atoms with E-state index in [2.05, 4.69) is 6.58 Å². The molecule has 2 N–H and O–H groups in total. The van der Waals surface area contributed by atoms with Crippen molar-refractivity contribution in [3.63, 3.8) is 0 Å². The first-order valence-corrected chi connectivity index (χ1v) is 6.75. The Morgan fingerprint density at radius 3 is 2.47 bits per heavy atom. The number of rotatable bonds is 6. The van der Waals surface area contributed by atoms with E-state index in [0.717, 1.165) is 12.8 Å². The maximum absolute atomic E-state index is 12.0. The van der Waals surface area contributed by atoms with Crippen LogP contribution in [-0.2, 0) is 9.53 Å². The summed E-state index contributed by atoms with van der Waals surface area (Å²) in [6, 6.07) is 0. The van der Waals surface area contributed by atoms with E-state index in [1.807, 2.05) is 6.92 Å². The quantitative estimate of drug-likeness (QED) is 0.724. The number of hydrogen-bond acceptors (Lipinski definition) is 4. The summed E-state index contributed by atoms with van der Waals surface area (Å²) in [6.45, 7) is 10.4. The van der Waals surface area contributed by atoms with Crippen LogP contribution in [0, 0.1) is 0 Å². The number of aliphatic hydroxyl groups is 2. The third kappa shape index (κ3) is 4.71. The smallest absolute Gasteiger partial charge is 0.138 e. The first-order valence-electron chi connectivity index (χ1n) is 6.75. The Bertz CT molecular complexity index is 354. The summed E-state index contributed by atoms with van der Waals surface area (Å²) in [5, 5.41) is 19.8. The van der Waals surface area contributed by atoms with Crippen LogP contribution in [0.2, 0.25) is 0 Å². The van der Waals surface area contributed by atoms with Crippen molar-refractivity contribution in [1.82, 2.24) is 0 Å². The Labute approximate surface area is 115 Å².